The number of aryl methyl sites for hydroxylation is 1. The van der Waals surface area contributed by atoms with Gasteiger partial charge in [-0.3, -0.25) is 4.79 Å². The van der Waals surface area contributed by atoms with Crippen molar-refractivity contribution >= 4 is 38.6 Å². The van der Waals surface area contributed by atoms with E-state index in [1.54, 1.807) is 0 Å². The Labute approximate surface area is 202 Å². The summed E-state index contributed by atoms with van der Waals surface area (Å²) in [6, 6.07) is 5.01. The lowest BCUT2D eigenvalue weighted by molar-refractivity contribution is -0.142. The summed E-state index contributed by atoms with van der Waals surface area (Å²) in [4.78, 5) is 17.3. The van der Waals surface area contributed by atoms with Gasteiger partial charge in [-0.25, -0.2) is 23.1 Å². The third kappa shape index (κ3) is 4.91. The Bertz CT molecular complexity index is 1590. The maximum atomic E-state index is 13.8. The number of amides is 1. The van der Waals surface area contributed by atoms with Crippen LogP contribution in [0.5, 0.6) is 0 Å². The van der Waals surface area contributed by atoms with Crippen molar-refractivity contribution < 1.29 is 39.6 Å². The summed E-state index contributed by atoms with van der Waals surface area (Å²) in [7, 11) is -4.06. The smallest absolute Gasteiger partial charge is 0.321 e. The highest BCUT2D eigenvalue weighted by Gasteiger charge is 2.36. The third-order valence-electron chi connectivity index (χ3n) is 4.94. The van der Waals surface area contributed by atoms with Crippen LogP contribution in [0.2, 0.25) is 0 Å². The molecule has 0 spiro atoms. The largest absolute Gasteiger partial charge is 0.433 e. The summed E-state index contributed by atoms with van der Waals surface area (Å²) < 4.78 is 103. The molecule has 4 aromatic rings. The second-order valence-corrected chi connectivity index (χ2v) is 10.5. The zero-order valence-corrected chi connectivity index (χ0v) is 19.4. The van der Waals surface area contributed by atoms with Gasteiger partial charge in [-0.1, -0.05) is 12.1 Å². The Balaban J connectivity index is 1.80. The lowest BCUT2D eigenvalue weighted by atomic mass is 10.1. The fourth-order valence-electron chi connectivity index (χ4n) is 3.21. The lowest BCUT2D eigenvalue weighted by Gasteiger charge is -2.12. The van der Waals surface area contributed by atoms with Crippen molar-refractivity contribution in [2.75, 3.05) is 5.32 Å². The summed E-state index contributed by atoms with van der Waals surface area (Å²) in [6.07, 6.45) is -8.76. The van der Waals surface area contributed by atoms with Gasteiger partial charge in [0.05, 0.1) is 23.1 Å². The number of nitrogens with two attached hydrogens (primary N) is 1. The normalized spacial score (nSPS) is 12.8. The van der Waals surface area contributed by atoms with E-state index in [9.17, 15) is 39.6 Å². The first kappa shape index (κ1) is 25.6. The molecule has 3 N–H and O–H groups in total. The van der Waals surface area contributed by atoms with E-state index in [1.807, 2.05) is 0 Å². The first-order chi connectivity index (χ1) is 16.6. The van der Waals surface area contributed by atoms with Gasteiger partial charge in [-0.05, 0) is 31.2 Å². The van der Waals surface area contributed by atoms with E-state index in [4.69, 9.17) is 5.14 Å². The first-order valence-corrected chi connectivity index (χ1v) is 12.0. The summed E-state index contributed by atoms with van der Waals surface area (Å²) in [5.41, 5.74) is -3.57. The Morgan fingerprint density at radius 1 is 1.06 bits per heavy atom. The minimum atomic E-state index is -4.95. The molecule has 8 nitrogen and oxygen atoms in total. The minimum Gasteiger partial charge on any atom is -0.321 e. The van der Waals surface area contributed by atoms with Crippen molar-refractivity contribution in [1.29, 1.82) is 0 Å². The zero-order chi connectivity index (χ0) is 26.6. The van der Waals surface area contributed by atoms with E-state index in [-0.39, 0.29) is 21.2 Å². The molecule has 0 unspecified atom stereocenters. The molecule has 36 heavy (non-hydrogen) atoms. The van der Waals surface area contributed by atoms with Crippen molar-refractivity contribution in [3.63, 3.8) is 0 Å². The molecule has 1 aromatic carbocycles. The van der Waals surface area contributed by atoms with E-state index in [0.717, 1.165) is 35.7 Å². The maximum Gasteiger partial charge on any atom is 0.433 e. The Morgan fingerprint density at radius 3 is 2.22 bits per heavy atom. The molecule has 0 bridgehead atoms. The fourth-order valence-corrected chi connectivity index (χ4v) is 5.03. The maximum absolute atomic E-state index is 13.8. The summed E-state index contributed by atoms with van der Waals surface area (Å²) in [5.74, 6) is -0.947. The second kappa shape index (κ2) is 8.56. The number of anilines is 1. The van der Waals surface area contributed by atoms with Crippen molar-refractivity contribution in [1.82, 2.24) is 14.6 Å². The molecule has 0 radical (unpaired) electrons. The van der Waals surface area contributed by atoms with Crippen LogP contribution in [0.1, 0.15) is 26.5 Å². The van der Waals surface area contributed by atoms with Crippen LogP contribution < -0.4 is 10.5 Å². The van der Waals surface area contributed by atoms with Crippen LogP contribution in [0.3, 0.4) is 0 Å². The molecule has 1 amide bonds. The molecule has 0 saturated heterocycles. The molecule has 190 valence electrons. The molecule has 0 fully saturated rings. The highest BCUT2D eigenvalue weighted by molar-refractivity contribution is 7.91. The van der Waals surface area contributed by atoms with Gasteiger partial charge < -0.3 is 5.32 Å². The predicted octanol–water partition coefficient (Wildman–Crippen LogP) is 4.70. The number of aromatic nitrogens is 3. The number of sulfonamides is 1. The van der Waals surface area contributed by atoms with Crippen LogP contribution in [-0.4, -0.2) is 28.9 Å². The van der Waals surface area contributed by atoms with Crippen LogP contribution >= 0.6 is 11.3 Å². The van der Waals surface area contributed by atoms with Gasteiger partial charge >= 0.3 is 12.4 Å². The van der Waals surface area contributed by atoms with Gasteiger partial charge in [0.25, 0.3) is 5.91 Å². The van der Waals surface area contributed by atoms with E-state index in [1.165, 1.54) is 6.92 Å². The monoisotopic (exact) mass is 549 g/mol. The molecular weight excluding hydrogens is 536 g/mol. The zero-order valence-electron chi connectivity index (χ0n) is 17.8. The number of alkyl halides is 6. The second-order valence-electron chi connectivity index (χ2n) is 7.43. The molecule has 3 aromatic heterocycles. The van der Waals surface area contributed by atoms with Gasteiger partial charge in [-0.2, -0.15) is 31.4 Å². The molecule has 0 saturated carbocycles. The number of carbonyl (C=O) groups excluding carboxylic acids is 1. The molecule has 3 heterocycles. The summed E-state index contributed by atoms with van der Waals surface area (Å²) in [6.45, 7) is 1.49. The average Bonchev–Trinajstić information content (AvgIpc) is 3.35. The molecule has 0 aliphatic carbocycles. The van der Waals surface area contributed by atoms with Crippen molar-refractivity contribution in [3.8, 4) is 11.3 Å². The van der Waals surface area contributed by atoms with Crippen LogP contribution in [0.15, 0.2) is 46.8 Å². The first-order valence-electron chi connectivity index (χ1n) is 9.64. The van der Waals surface area contributed by atoms with Crippen LogP contribution in [-0.2, 0) is 22.4 Å². The van der Waals surface area contributed by atoms with Crippen molar-refractivity contribution in [2.45, 2.75) is 23.5 Å². The Kier molecular flexibility index (Phi) is 6.09. The predicted molar refractivity (Wildman–Crippen MR) is 117 cm³/mol. The standard InChI is InChI=1S/C20H13F6N5O3S2/c1-9-13(7-16(35-9)36(27,33)34)30-18(32)12-8-28-31-15(20(24,25)26)6-14(29-17(12)31)10-2-4-11(5-3-10)19(21,22)23/h2-8H,1H3,(H,30,32)(H2,27,33,34). The number of fused-ring (bicyclic) bond motifs is 1. The minimum absolute atomic E-state index is 0.0586. The van der Waals surface area contributed by atoms with Gasteiger partial charge in [0.2, 0.25) is 10.0 Å². The topological polar surface area (TPSA) is 119 Å². The molecule has 16 heteroatoms. The van der Waals surface area contributed by atoms with E-state index < -0.39 is 50.8 Å². The number of thiophene rings is 1. The van der Waals surface area contributed by atoms with E-state index >= 15 is 0 Å². The Morgan fingerprint density at radius 2 is 1.69 bits per heavy atom. The molecular formula is C20H13F6N5O3S2. The van der Waals surface area contributed by atoms with Gasteiger partial charge in [0.15, 0.2) is 11.3 Å². The molecule has 0 atom stereocenters. The lowest BCUT2D eigenvalue weighted by Crippen LogP contribution is -2.16. The van der Waals surface area contributed by atoms with Crippen molar-refractivity contribution in [2.24, 2.45) is 5.14 Å². The highest BCUT2D eigenvalue weighted by atomic mass is 32.2. The van der Waals surface area contributed by atoms with Gasteiger partial charge in [0, 0.05) is 10.4 Å². The number of hydrogen-bond acceptors (Lipinski definition) is 6. The van der Waals surface area contributed by atoms with Crippen LogP contribution in [0.4, 0.5) is 32.0 Å². The van der Waals surface area contributed by atoms with E-state index in [0.29, 0.717) is 27.6 Å². The number of nitrogens with one attached hydrogen (secondary N) is 1. The number of rotatable bonds is 4. The number of halogens is 6. The number of nitrogens with zero attached hydrogens (tertiary/aromatic N) is 3. The highest BCUT2D eigenvalue weighted by Crippen LogP contribution is 2.35. The molecule has 0 aliphatic heterocycles. The molecule has 0 aliphatic rings. The van der Waals surface area contributed by atoms with Gasteiger partial charge in [-0.15, -0.1) is 11.3 Å². The van der Waals surface area contributed by atoms with Crippen LogP contribution in [0, 0.1) is 6.92 Å². The quantitative estimate of drug-likeness (QED) is 0.358. The SMILES string of the molecule is Cc1sc(S(N)(=O)=O)cc1NC(=O)c1cnn2c(C(F)(F)F)cc(-c3ccc(C(F)(F)F)cc3)nc12. The molecule has 4 rings (SSSR count). The van der Waals surface area contributed by atoms with E-state index in [2.05, 4.69) is 15.4 Å². The number of primary sulfonamides is 1. The van der Waals surface area contributed by atoms with Crippen molar-refractivity contribution in [3.05, 3.63) is 64.3 Å². The fraction of sp³-hybridized carbons (Fsp3) is 0.150. The number of hydrogen-bond donors (Lipinski definition) is 2. The Hall–Kier alpha value is -3.50. The average molecular weight is 549 g/mol. The van der Waals surface area contributed by atoms with Gasteiger partial charge in [0.1, 0.15) is 9.77 Å². The summed E-state index contributed by atoms with van der Waals surface area (Å²) >= 11 is 0.780. The number of benzene rings is 1. The van der Waals surface area contributed by atoms with Crippen LogP contribution in [0.25, 0.3) is 16.9 Å². The number of carbonyl (C=O) groups is 1. The third-order valence-corrected chi connectivity index (χ3v) is 7.41. The summed E-state index contributed by atoms with van der Waals surface area (Å²) in [5, 5.41) is 11.1.